The Labute approximate surface area is 172 Å². The van der Waals surface area contributed by atoms with E-state index in [-0.39, 0.29) is 24.3 Å². The zero-order valence-electron chi connectivity index (χ0n) is 16.2. The minimum absolute atomic E-state index is 0. The van der Waals surface area contributed by atoms with E-state index < -0.39 is 0 Å². The topological polar surface area (TPSA) is 67.4 Å². The third-order valence-corrected chi connectivity index (χ3v) is 5.84. The number of thioether (sulfide) groups is 1. The lowest BCUT2D eigenvalue weighted by Gasteiger charge is -2.28. The molecule has 1 aromatic rings. The zero-order valence-corrected chi connectivity index (χ0v) is 17.8. The number of amides is 1. The highest BCUT2D eigenvalue weighted by Crippen LogP contribution is 2.23. The quantitative estimate of drug-likeness (QED) is 0.474. The molecule has 1 amide bonds. The smallest absolute Gasteiger partial charge is 0.306 e. The summed E-state index contributed by atoms with van der Waals surface area (Å²) in [7, 11) is 1.41. The van der Waals surface area contributed by atoms with Gasteiger partial charge >= 0.3 is 5.97 Å². The minimum atomic E-state index is -0.180. The van der Waals surface area contributed by atoms with Crippen LogP contribution in [0.2, 0.25) is 0 Å². The van der Waals surface area contributed by atoms with Crippen molar-refractivity contribution in [1.82, 2.24) is 5.32 Å². The molecule has 0 spiro atoms. The number of ether oxygens (including phenoxy) is 1. The van der Waals surface area contributed by atoms with E-state index in [4.69, 9.17) is 0 Å². The Morgan fingerprint density at radius 2 is 2.22 bits per heavy atom. The fraction of sp³-hybridized carbons (Fsp3) is 0.600. The molecule has 1 fully saturated rings. The van der Waals surface area contributed by atoms with Crippen LogP contribution in [-0.4, -0.2) is 37.8 Å². The van der Waals surface area contributed by atoms with Gasteiger partial charge in [-0.25, -0.2) is 0 Å². The summed E-state index contributed by atoms with van der Waals surface area (Å²) in [6.45, 7) is 4.29. The molecular weight excluding hydrogens is 384 g/mol. The standard InChI is InChI=1S/C20H30N2O3S.ClH/c1-15(17-6-4-9-21-13-17)11-19(23)22-18-7-3-5-16(12-18)14-26-10-8-20(24)25-2;/h3,5,7,12,15,17,21H,4,6,8-11,13-14H2,1-2H3,(H,22,23);1H. The molecule has 152 valence electrons. The summed E-state index contributed by atoms with van der Waals surface area (Å²) in [5.41, 5.74) is 1.98. The van der Waals surface area contributed by atoms with Crippen LogP contribution in [0.4, 0.5) is 5.69 Å². The third-order valence-electron chi connectivity index (χ3n) is 4.80. The SMILES string of the molecule is COC(=O)CCSCc1cccc(NC(=O)CC(C)C2CCCNC2)c1.Cl. The molecule has 2 atom stereocenters. The molecule has 0 saturated carbocycles. The van der Waals surface area contributed by atoms with Crippen LogP contribution < -0.4 is 10.6 Å². The fourth-order valence-electron chi connectivity index (χ4n) is 3.22. The van der Waals surface area contributed by atoms with Gasteiger partial charge in [-0.3, -0.25) is 9.59 Å². The van der Waals surface area contributed by atoms with Crippen LogP contribution in [0.15, 0.2) is 24.3 Å². The molecule has 1 saturated heterocycles. The van der Waals surface area contributed by atoms with Crippen molar-refractivity contribution in [2.24, 2.45) is 11.8 Å². The van der Waals surface area contributed by atoms with Gasteiger partial charge in [0, 0.05) is 23.6 Å². The second-order valence-corrected chi connectivity index (χ2v) is 8.02. The lowest BCUT2D eigenvalue weighted by Crippen LogP contribution is -2.34. The molecule has 1 aromatic carbocycles. The van der Waals surface area contributed by atoms with Crippen molar-refractivity contribution in [1.29, 1.82) is 0 Å². The Hall–Kier alpha value is -1.24. The third kappa shape index (κ3) is 9.00. The van der Waals surface area contributed by atoms with Gasteiger partial charge in [-0.15, -0.1) is 12.4 Å². The number of esters is 1. The number of rotatable bonds is 9. The number of methoxy groups -OCH3 is 1. The largest absolute Gasteiger partial charge is 0.469 e. The van der Waals surface area contributed by atoms with Gasteiger partial charge in [-0.1, -0.05) is 19.1 Å². The Morgan fingerprint density at radius 3 is 2.93 bits per heavy atom. The lowest BCUT2D eigenvalue weighted by atomic mass is 9.85. The van der Waals surface area contributed by atoms with E-state index in [1.54, 1.807) is 11.8 Å². The first-order valence-corrected chi connectivity index (χ1v) is 10.5. The Bertz CT molecular complexity index is 594. The van der Waals surface area contributed by atoms with Crippen LogP contribution in [0.25, 0.3) is 0 Å². The van der Waals surface area contributed by atoms with Crippen LogP contribution in [0.1, 0.15) is 38.2 Å². The van der Waals surface area contributed by atoms with Crippen LogP contribution in [0.3, 0.4) is 0 Å². The van der Waals surface area contributed by atoms with E-state index in [0.717, 1.165) is 35.8 Å². The van der Waals surface area contributed by atoms with Crippen molar-refractivity contribution < 1.29 is 14.3 Å². The molecule has 1 aliphatic heterocycles. The van der Waals surface area contributed by atoms with Crippen molar-refractivity contribution in [3.63, 3.8) is 0 Å². The van der Waals surface area contributed by atoms with Gasteiger partial charge in [0.05, 0.1) is 13.5 Å². The van der Waals surface area contributed by atoms with Gasteiger partial charge in [-0.05, 0) is 55.5 Å². The molecule has 1 heterocycles. The van der Waals surface area contributed by atoms with E-state index in [9.17, 15) is 9.59 Å². The van der Waals surface area contributed by atoms with Gasteiger partial charge in [0.1, 0.15) is 0 Å². The number of halogens is 1. The number of nitrogens with one attached hydrogen (secondary N) is 2. The molecule has 2 N–H and O–H groups in total. The van der Waals surface area contributed by atoms with E-state index >= 15 is 0 Å². The molecular formula is C20H31ClN2O3S. The van der Waals surface area contributed by atoms with Gasteiger partial charge in [0.25, 0.3) is 0 Å². The van der Waals surface area contributed by atoms with Gasteiger partial charge in [0.15, 0.2) is 0 Å². The van der Waals surface area contributed by atoms with E-state index in [0.29, 0.717) is 24.7 Å². The number of carbonyl (C=O) groups excluding carboxylic acids is 2. The highest BCUT2D eigenvalue weighted by atomic mass is 35.5. The van der Waals surface area contributed by atoms with Crippen molar-refractivity contribution in [3.8, 4) is 0 Å². The Kier molecular flexibility index (Phi) is 11.5. The van der Waals surface area contributed by atoms with E-state index in [2.05, 4.69) is 22.3 Å². The van der Waals surface area contributed by atoms with Crippen LogP contribution in [-0.2, 0) is 20.1 Å². The molecule has 0 bridgehead atoms. The maximum absolute atomic E-state index is 12.4. The second kappa shape index (κ2) is 13.0. The van der Waals surface area contributed by atoms with Crippen molar-refractivity contribution >= 4 is 41.7 Å². The summed E-state index contributed by atoms with van der Waals surface area (Å²) < 4.78 is 4.64. The maximum Gasteiger partial charge on any atom is 0.306 e. The van der Waals surface area contributed by atoms with Crippen LogP contribution in [0.5, 0.6) is 0 Å². The predicted octanol–water partition coefficient (Wildman–Crippen LogP) is 3.87. The average Bonchev–Trinajstić information content (AvgIpc) is 2.66. The molecule has 2 rings (SSSR count). The number of benzene rings is 1. The average molecular weight is 415 g/mol. The molecule has 1 aliphatic rings. The number of anilines is 1. The van der Waals surface area contributed by atoms with Crippen molar-refractivity contribution in [2.45, 2.75) is 38.4 Å². The molecule has 0 aromatic heterocycles. The molecule has 5 nitrogen and oxygen atoms in total. The molecule has 0 aliphatic carbocycles. The summed E-state index contributed by atoms with van der Waals surface area (Å²) in [5, 5.41) is 6.45. The van der Waals surface area contributed by atoms with Gasteiger partial charge in [-0.2, -0.15) is 11.8 Å². The van der Waals surface area contributed by atoms with E-state index in [1.165, 1.54) is 20.0 Å². The highest BCUT2D eigenvalue weighted by Gasteiger charge is 2.22. The summed E-state index contributed by atoms with van der Waals surface area (Å²) in [6, 6.07) is 7.93. The van der Waals surface area contributed by atoms with Crippen LogP contribution in [0, 0.1) is 11.8 Å². The van der Waals surface area contributed by atoms with Crippen LogP contribution >= 0.6 is 24.2 Å². The van der Waals surface area contributed by atoms with Crippen molar-refractivity contribution in [3.05, 3.63) is 29.8 Å². The Morgan fingerprint density at radius 1 is 1.41 bits per heavy atom. The summed E-state index contributed by atoms with van der Waals surface area (Å²) in [4.78, 5) is 23.5. The molecule has 0 radical (unpaired) electrons. The number of hydrogen-bond donors (Lipinski definition) is 2. The van der Waals surface area contributed by atoms with Gasteiger partial charge < -0.3 is 15.4 Å². The zero-order chi connectivity index (χ0) is 18.8. The number of piperidine rings is 1. The maximum atomic E-state index is 12.4. The monoisotopic (exact) mass is 414 g/mol. The number of hydrogen-bond acceptors (Lipinski definition) is 5. The summed E-state index contributed by atoms with van der Waals surface area (Å²) >= 11 is 1.69. The van der Waals surface area contributed by atoms with E-state index in [1.807, 2.05) is 24.3 Å². The fourth-order valence-corrected chi connectivity index (χ4v) is 4.09. The second-order valence-electron chi connectivity index (χ2n) is 6.92. The van der Waals surface area contributed by atoms with Gasteiger partial charge in [0.2, 0.25) is 5.91 Å². The molecule has 27 heavy (non-hydrogen) atoms. The first-order valence-electron chi connectivity index (χ1n) is 9.32. The predicted molar refractivity (Wildman–Crippen MR) is 114 cm³/mol. The molecule has 2 unspecified atom stereocenters. The highest BCUT2D eigenvalue weighted by molar-refractivity contribution is 7.98. The summed E-state index contributed by atoms with van der Waals surface area (Å²) in [5.74, 6) is 2.42. The first-order chi connectivity index (χ1) is 12.6. The molecule has 7 heteroatoms. The lowest BCUT2D eigenvalue weighted by molar-refractivity contribution is -0.140. The first kappa shape index (κ1) is 23.8. The number of carbonyl (C=O) groups is 2. The Balaban J connectivity index is 0.00000364. The van der Waals surface area contributed by atoms with Crippen molar-refractivity contribution in [2.75, 3.05) is 31.3 Å². The summed E-state index contributed by atoms with van der Waals surface area (Å²) in [6.07, 6.45) is 3.39. The normalized spacial score (nSPS) is 17.5. The minimum Gasteiger partial charge on any atom is -0.469 e.